The number of hydrogen-bond donors (Lipinski definition) is 1. The van der Waals surface area contributed by atoms with Crippen LogP contribution in [0, 0.1) is 0 Å². The third kappa shape index (κ3) is 5.37. The largest absolute Gasteiger partial charge is 0.325 e. The van der Waals surface area contributed by atoms with Crippen LogP contribution in [0.1, 0.15) is 32.6 Å². The summed E-state index contributed by atoms with van der Waals surface area (Å²) >= 11 is 1.48. The van der Waals surface area contributed by atoms with Gasteiger partial charge < -0.3 is 5.32 Å². The smallest absolute Gasteiger partial charge is 0.243 e. The number of thioether (sulfide) groups is 1. The first-order valence-corrected chi connectivity index (χ1v) is 11.9. The molecule has 7 heteroatoms. The van der Waals surface area contributed by atoms with Crippen LogP contribution < -0.4 is 5.32 Å². The van der Waals surface area contributed by atoms with E-state index in [4.69, 9.17) is 0 Å². The van der Waals surface area contributed by atoms with E-state index < -0.39 is 10.0 Å². The maximum atomic E-state index is 12.8. The van der Waals surface area contributed by atoms with Crippen molar-refractivity contribution in [1.29, 1.82) is 0 Å². The average Bonchev–Trinajstić information content (AvgIpc) is 2.99. The third-order valence-corrected chi connectivity index (χ3v) is 7.77. The Morgan fingerprint density at radius 1 is 0.964 bits per heavy atom. The van der Waals surface area contributed by atoms with Gasteiger partial charge in [0.25, 0.3) is 0 Å². The van der Waals surface area contributed by atoms with Crippen LogP contribution in [-0.4, -0.2) is 37.0 Å². The summed E-state index contributed by atoms with van der Waals surface area (Å²) in [5, 5.41) is 2.60. The van der Waals surface area contributed by atoms with Crippen molar-refractivity contribution in [1.82, 2.24) is 4.31 Å². The van der Waals surface area contributed by atoms with Crippen LogP contribution in [-0.2, 0) is 14.8 Å². The molecule has 0 saturated carbocycles. The topological polar surface area (TPSA) is 66.5 Å². The van der Waals surface area contributed by atoms with Gasteiger partial charge in [-0.3, -0.25) is 4.79 Å². The number of carbonyl (C=O) groups is 1. The van der Waals surface area contributed by atoms with Gasteiger partial charge in [-0.15, -0.1) is 11.8 Å². The van der Waals surface area contributed by atoms with Crippen LogP contribution in [0.2, 0.25) is 0 Å². The zero-order valence-corrected chi connectivity index (χ0v) is 17.6. The summed E-state index contributed by atoms with van der Waals surface area (Å²) in [5.74, 6) is -0.114. The standard InChI is InChI=1S/C21H26N2O3S2/c1-17(27-19-9-5-4-6-10-19)21(24)22-18-11-13-20(14-12-18)28(25,26)23-15-7-2-3-8-16-23/h4-6,9-14,17H,2-3,7-8,15-16H2,1H3,(H,22,24)/t17-/m0/s1. The molecule has 1 N–H and O–H groups in total. The molecule has 1 aliphatic heterocycles. The summed E-state index contributed by atoms with van der Waals surface area (Å²) in [7, 11) is -3.47. The van der Waals surface area contributed by atoms with Gasteiger partial charge in [-0.05, 0) is 56.2 Å². The highest BCUT2D eigenvalue weighted by Crippen LogP contribution is 2.25. The summed E-state index contributed by atoms with van der Waals surface area (Å²) in [4.78, 5) is 13.7. The predicted octanol–water partition coefficient (Wildman–Crippen LogP) is 4.37. The highest BCUT2D eigenvalue weighted by molar-refractivity contribution is 8.00. The summed E-state index contributed by atoms with van der Waals surface area (Å²) in [6, 6.07) is 16.2. The summed E-state index contributed by atoms with van der Waals surface area (Å²) in [6.45, 7) is 3.01. The number of anilines is 1. The summed E-state index contributed by atoms with van der Waals surface area (Å²) in [5.41, 5.74) is 0.598. The van der Waals surface area contributed by atoms with E-state index in [-0.39, 0.29) is 16.1 Å². The molecule has 5 nitrogen and oxygen atoms in total. The Morgan fingerprint density at radius 3 is 2.18 bits per heavy atom. The Balaban J connectivity index is 1.62. The molecule has 0 aromatic heterocycles. The zero-order valence-electron chi connectivity index (χ0n) is 16.0. The minimum absolute atomic E-state index is 0.114. The molecule has 3 rings (SSSR count). The zero-order chi connectivity index (χ0) is 20.0. The number of nitrogens with zero attached hydrogens (tertiary/aromatic N) is 1. The van der Waals surface area contributed by atoms with Crippen molar-refractivity contribution in [3.8, 4) is 0 Å². The van der Waals surface area contributed by atoms with Crippen molar-refractivity contribution in [2.45, 2.75) is 47.6 Å². The Hall–Kier alpha value is -1.83. The number of benzene rings is 2. The molecule has 150 valence electrons. The van der Waals surface area contributed by atoms with Crippen molar-refractivity contribution in [3.63, 3.8) is 0 Å². The van der Waals surface area contributed by atoms with Gasteiger partial charge in [-0.1, -0.05) is 31.0 Å². The van der Waals surface area contributed by atoms with Crippen molar-refractivity contribution >= 4 is 33.4 Å². The molecule has 1 amide bonds. The monoisotopic (exact) mass is 418 g/mol. The first kappa shape index (κ1) is 20.9. The van der Waals surface area contributed by atoms with Crippen LogP contribution in [0.4, 0.5) is 5.69 Å². The number of sulfonamides is 1. The van der Waals surface area contributed by atoms with Gasteiger partial charge in [0.05, 0.1) is 10.1 Å². The molecule has 2 aromatic rings. The van der Waals surface area contributed by atoms with Crippen LogP contribution in [0.3, 0.4) is 0 Å². The Kier molecular flexibility index (Phi) is 7.15. The molecule has 2 aromatic carbocycles. The maximum Gasteiger partial charge on any atom is 0.243 e. The normalized spacial score (nSPS) is 16.9. The van der Waals surface area contributed by atoms with E-state index in [0.717, 1.165) is 30.6 Å². The van der Waals surface area contributed by atoms with Crippen molar-refractivity contribution in [2.24, 2.45) is 0 Å². The van der Waals surface area contributed by atoms with E-state index in [2.05, 4.69) is 5.32 Å². The first-order valence-electron chi connectivity index (χ1n) is 9.59. The van der Waals surface area contributed by atoms with Gasteiger partial charge in [-0.2, -0.15) is 4.31 Å². The second-order valence-electron chi connectivity index (χ2n) is 6.91. The first-order chi connectivity index (χ1) is 13.5. The maximum absolute atomic E-state index is 12.8. The van der Waals surface area contributed by atoms with Crippen LogP contribution >= 0.6 is 11.8 Å². The molecule has 0 radical (unpaired) electrons. The molecule has 0 aliphatic carbocycles. The molecule has 0 unspecified atom stereocenters. The second-order valence-corrected chi connectivity index (χ2v) is 10.3. The molecule has 1 fully saturated rings. The Bertz CT molecular complexity index is 876. The predicted molar refractivity (Wildman–Crippen MR) is 114 cm³/mol. The highest BCUT2D eigenvalue weighted by atomic mass is 32.2. The van der Waals surface area contributed by atoms with E-state index in [1.54, 1.807) is 28.6 Å². The van der Waals surface area contributed by atoms with E-state index in [1.165, 1.54) is 11.8 Å². The Labute approximate surface area is 171 Å². The fourth-order valence-corrected chi connectivity index (χ4v) is 5.55. The van der Waals surface area contributed by atoms with Gasteiger partial charge in [0.2, 0.25) is 15.9 Å². The molecule has 1 saturated heterocycles. The molecule has 28 heavy (non-hydrogen) atoms. The highest BCUT2D eigenvalue weighted by Gasteiger charge is 2.25. The van der Waals surface area contributed by atoms with Gasteiger partial charge in [0.1, 0.15) is 0 Å². The lowest BCUT2D eigenvalue weighted by atomic mass is 10.2. The van der Waals surface area contributed by atoms with Crippen LogP contribution in [0.5, 0.6) is 0 Å². The number of carbonyl (C=O) groups excluding carboxylic acids is 1. The fourth-order valence-electron chi connectivity index (χ4n) is 3.14. The summed E-state index contributed by atoms with van der Waals surface area (Å²) < 4.78 is 27.2. The SMILES string of the molecule is C[C@H](Sc1ccccc1)C(=O)Nc1ccc(S(=O)(=O)N2CCCCCC2)cc1. The molecule has 1 heterocycles. The number of hydrogen-bond acceptors (Lipinski definition) is 4. The minimum atomic E-state index is -3.47. The average molecular weight is 419 g/mol. The van der Waals surface area contributed by atoms with Crippen LogP contribution in [0.25, 0.3) is 0 Å². The number of rotatable bonds is 6. The molecular weight excluding hydrogens is 392 g/mol. The fraction of sp³-hybridized carbons (Fsp3) is 0.381. The van der Waals surface area contributed by atoms with E-state index >= 15 is 0 Å². The lowest BCUT2D eigenvalue weighted by molar-refractivity contribution is -0.115. The van der Waals surface area contributed by atoms with Gasteiger partial charge >= 0.3 is 0 Å². The van der Waals surface area contributed by atoms with Gasteiger partial charge in [0.15, 0.2) is 0 Å². The lowest BCUT2D eigenvalue weighted by Gasteiger charge is -2.20. The number of amides is 1. The third-order valence-electron chi connectivity index (χ3n) is 4.75. The molecule has 1 aliphatic rings. The van der Waals surface area contributed by atoms with E-state index in [0.29, 0.717) is 18.8 Å². The number of nitrogens with one attached hydrogen (secondary N) is 1. The van der Waals surface area contributed by atoms with Gasteiger partial charge in [-0.25, -0.2) is 8.42 Å². The Morgan fingerprint density at radius 2 is 1.57 bits per heavy atom. The second kappa shape index (κ2) is 9.58. The molecule has 1 atom stereocenters. The molecular formula is C21H26N2O3S2. The van der Waals surface area contributed by atoms with Crippen LogP contribution in [0.15, 0.2) is 64.4 Å². The quantitative estimate of drug-likeness (QED) is 0.708. The summed E-state index contributed by atoms with van der Waals surface area (Å²) in [6.07, 6.45) is 3.97. The molecule has 0 bridgehead atoms. The van der Waals surface area contributed by atoms with Crippen molar-refractivity contribution in [3.05, 3.63) is 54.6 Å². The minimum Gasteiger partial charge on any atom is -0.325 e. The van der Waals surface area contributed by atoms with E-state index in [1.807, 2.05) is 37.3 Å². The lowest BCUT2D eigenvalue weighted by Crippen LogP contribution is -2.31. The molecule has 0 spiro atoms. The van der Waals surface area contributed by atoms with E-state index in [9.17, 15) is 13.2 Å². The van der Waals surface area contributed by atoms with Crippen molar-refractivity contribution in [2.75, 3.05) is 18.4 Å². The van der Waals surface area contributed by atoms with Crippen molar-refractivity contribution < 1.29 is 13.2 Å². The van der Waals surface area contributed by atoms with Gasteiger partial charge in [0, 0.05) is 23.7 Å².